The Labute approximate surface area is 106 Å². The van der Waals surface area contributed by atoms with E-state index < -0.39 is 20.6 Å². The first-order valence-electron chi connectivity index (χ1n) is 5.70. The summed E-state index contributed by atoms with van der Waals surface area (Å²) in [7, 11) is -2.26. The lowest BCUT2D eigenvalue weighted by molar-refractivity contribution is 0.179. The molecular weight excluding hydrogens is 262 g/mol. The Balaban J connectivity index is 2.37. The molecule has 5 nitrogen and oxygen atoms in total. The molecule has 17 heavy (non-hydrogen) atoms. The van der Waals surface area contributed by atoms with Gasteiger partial charge in [0.1, 0.15) is 9.84 Å². The lowest BCUT2D eigenvalue weighted by atomic mass is 10.0. The minimum absolute atomic E-state index is 0.00277. The molecule has 1 aliphatic heterocycles. The van der Waals surface area contributed by atoms with E-state index >= 15 is 0 Å². The first-order valence-corrected chi connectivity index (χ1v) is 9.25. The van der Waals surface area contributed by atoms with Gasteiger partial charge in [0.15, 0.2) is 0 Å². The van der Waals surface area contributed by atoms with Crippen LogP contribution in [-0.4, -0.2) is 62.4 Å². The molecule has 3 unspecified atom stereocenters. The molecule has 0 spiro atoms. The third-order valence-corrected chi connectivity index (χ3v) is 5.55. The van der Waals surface area contributed by atoms with E-state index in [2.05, 4.69) is 5.32 Å². The highest BCUT2D eigenvalue weighted by atomic mass is 32.2. The normalized spacial score (nSPS) is 24.7. The van der Waals surface area contributed by atoms with Gasteiger partial charge in [-0.3, -0.25) is 4.21 Å². The van der Waals surface area contributed by atoms with Crippen LogP contribution in [0.15, 0.2) is 0 Å². The summed E-state index contributed by atoms with van der Waals surface area (Å²) in [6, 6.07) is 0.151. The smallest absolute Gasteiger partial charge is 0.148 e. The van der Waals surface area contributed by atoms with Crippen molar-refractivity contribution in [1.29, 1.82) is 0 Å². The Morgan fingerprint density at radius 2 is 2.24 bits per heavy atom. The van der Waals surface area contributed by atoms with Gasteiger partial charge in [-0.1, -0.05) is 0 Å². The van der Waals surface area contributed by atoms with E-state index in [9.17, 15) is 12.6 Å². The molecule has 1 aliphatic rings. The average molecular weight is 283 g/mol. The van der Waals surface area contributed by atoms with Crippen LogP contribution in [0, 0.1) is 5.92 Å². The molecule has 102 valence electrons. The molecule has 0 saturated carbocycles. The largest absolute Gasteiger partial charge is 0.381 e. The number of nitrogens with one attached hydrogen (secondary N) is 1. The van der Waals surface area contributed by atoms with Crippen molar-refractivity contribution in [3.05, 3.63) is 0 Å². The Kier molecular flexibility index (Phi) is 6.05. The van der Waals surface area contributed by atoms with Gasteiger partial charge in [-0.2, -0.15) is 0 Å². The topological polar surface area (TPSA) is 72.5 Å². The van der Waals surface area contributed by atoms with Crippen molar-refractivity contribution in [3.8, 4) is 0 Å². The van der Waals surface area contributed by atoms with Crippen molar-refractivity contribution < 1.29 is 17.4 Å². The van der Waals surface area contributed by atoms with Crippen LogP contribution in [-0.2, 0) is 25.4 Å². The second-order valence-electron chi connectivity index (χ2n) is 4.46. The highest BCUT2D eigenvalue weighted by Gasteiger charge is 2.26. The molecule has 1 rings (SSSR count). The van der Waals surface area contributed by atoms with Gasteiger partial charge in [0, 0.05) is 47.1 Å². The molecule has 1 fully saturated rings. The first kappa shape index (κ1) is 15.1. The number of ether oxygens (including phenoxy) is 1. The standard InChI is InChI=1S/C10H21NO4S2/c1-11-10(9-3-4-15-7-9)8-16(12)5-6-17(2,13)14/h9-11H,3-8H2,1-2H3. The fourth-order valence-electron chi connectivity index (χ4n) is 1.85. The Bertz CT molecular complexity index is 349. The lowest BCUT2D eigenvalue weighted by Gasteiger charge is -2.21. The van der Waals surface area contributed by atoms with Crippen LogP contribution in [0.4, 0.5) is 0 Å². The van der Waals surface area contributed by atoms with Crippen molar-refractivity contribution in [2.24, 2.45) is 5.92 Å². The first-order chi connectivity index (χ1) is 7.92. The predicted molar refractivity (Wildman–Crippen MR) is 69.4 cm³/mol. The van der Waals surface area contributed by atoms with Crippen LogP contribution < -0.4 is 5.32 Å². The third kappa shape index (κ3) is 5.94. The Morgan fingerprint density at radius 1 is 1.53 bits per heavy atom. The number of hydrogen-bond acceptors (Lipinski definition) is 5. The quantitative estimate of drug-likeness (QED) is 0.676. The van der Waals surface area contributed by atoms with Crippen molar-refractivity contribution in [3.63, 3.8) is 0 Å². The van der Waals surface area contributed by atoms with Gasteiger partial charge >= 0.3 is 0 Å². The molecule has 3 atom stereocenters. The Morgan fingerprint density at radius 3 is 2.71 bits per heavy atom. The molecule has 1 heterocycles. The number of hydrogen-bond donors (Lipinski definition) is 1. The van der Waals surface area contributed by atoms with Crippen LogP contribution in [0.5, 0.6) is 0 Å². The highest BCUT2D eigenvalue weighted by molar-refractivity contribution is 7.92. The Hall–Kier alpha value is 0.0200. The molecular formula is C10H21NO4S2. The van der Waals surface area contributed by atoms with E-state index in [1.807, 2.05) is 7.05 Å². The van der Waals surface area contributed by atoms with Gasteiger partial charge < -0.3 is 10.1 Å². The van der Waals surface area contributed by atoms with E-state index in [-0.39, 0.29) is 17.5 Å². The van der Waals surface area contributed by atoms with E-state index in [1.165, 1.54) is 6.26 Å². The second kappa shape index (κ2) is 6.82. The summed E-state index contributed by atoms with van der Waals surface area (Å²) in [6.07, 6.45) is 2.15. The zero-order valence-corrected chi connectivity index (χ0v) is 12.0. The summed E-state index contributed by atoms with van der Waals surface area (Å²) < 4.78 is 39.0. The van der Waals surface area contributed by atoms with Crippen LogP contribution in [0.25, 0.3) is 0 Å². The highest BCUT2D eigenvalue weighted by Crippen LogP contribution is 2.17. The monoisotopic (exact) mass is 283 g/mol. The van der Waals surface area contributed by atoms with E-state index in [0.29, 0.717) is 18.3 Å². The summed E-state index contributed by atoms with van der Waals surface area (Å²) in [5.41, 5.74) is 0. The van der Waals surface area contributed by atoms with Gasteiger partial charge in [-0.05, 0) is 13.5 Å². The van der Waals surface area contributed by atoms with Crippen molar-refractivity contribution in [1.82, 2.24) is 5.32 Å². The van der Waals surface area contributed by atoms with Crippen LogP contribution in [0.2, 0.25) is 0 Å². The molecule has 0 aromatic heterocycles. The summed E-state index contributed by atoms with van der Waals surface area (Å²) in [5.74, 6) is 1.11. The fraction of sp³-hybridized carbons (Fsp3) is 1.00. The van der Waals surface area contributed by atoms with Crippen molar-refractivity contribution in [2.75, 3.05) is 43.8 Å². The molecule has 0 bridgehead atoms. The second-order valence-corrected chi connectivity index (χ2v) is 8.34. The van der Waals surface area contributed by atoms with E-state index in [1.54, 1.807) is 0 Å². The zero-order chi connectivity index (χ0) is 12.9. The average Bonchev–Trinajstić information content (AvgIpc) is 2.75. The lowest BCUT2D eigenvalue weighted by Crippen LogP contribution is -2.39. The summed E-state index contributed by atoms with van der Waals surface area (Å²) in [5, 5.41) is 3.15. The fourth-order valence-corrected chi connectivity index (χ4v) is 4.81. The van der Waals surface area contributed by atoms with E-state index in [4.69, 9.17) is 4.74 Å². The number of rotatable bonds is 7. The number of sulfone groups is 1. The maximum Gasteiger partial charge on any atom is 0.148 e. The molecule has 0 aromatic carbocycles. The predicted octanol–water partition coefficient (Wildman–Crippen LogP) is -0.596. The maximum atomic E-state index is 11.8. The van der Waals surface area contributed by atoms with Crippen molar-refractivity contribution >= 4 is 20.6 Å². The molecule has 1 saturated heterocycles. The molecule has 7 heteroatoms. The van der Waals surface area contributed by atoms with Crippen molar-refractivity contribution in [2.45, 2.75) is 12.5 Å². The van der Waals surface area contributed by atoms with Gasteiger partial charge in [-0.15, -0.1) is 0 Å². The molecule has 0 amide bonds. The summed E-state index contributed by atoms with van der Waals surface area (Å²) in [6.45, 7) is 1.47. The molecule has 1 N–H and O–H groups in total. The van der Waals surface area contributed by atoms with E-state index in [0.717, 1.165) is 13.0 Å². The van der Waals surface area contributed by atoms with Gasteiger partial charge in [0.25, 0.3) is 0 Å². The minimum atomic E-state index is -3.02. The minimum Gasteiger partial charge on any atom is -0.381 e. The van der Waals surface area contributed by atoms with Gasteiger partial charge in [0.05, 0.1) is 12.4 Å². The van der Waals surface area contributed by atoms with Crippen LogP contribution >= 0.6 is 0 Å². The maximum absolute atomic E-state index is 11.8. The summed E-state index contributed by atoms with van der Waals surface area (Å²) in [4.78, 5) is 0. The van der Waals surface area contributed by atoms with Crippen LogP contribution in [0.3, 0.4) is 0 Å². The third-order valence-electron chi connectivity index (χ3n) is 2.95. The zero-order valence-electron chi connectivity index (χ0n) is 10.3. The molecule has 0 radical (unpaired) electrons. The van der Waals surface area contributed by atoms with Gasteiger partial charge in [0.2, 0.25) is 0 Å². The van der Waals surface area contributed by atoms with Crippen LogP contribution in [0.1, 0.15) is 6.42 Å². The van der Waals surface area contributed by atoms with Gasteiger partial charge in [-0.25, -0.2) is 8.42 Å². The molecule has 0 aromatic rings. The SMILES string of the molecule is CNC(CS(=O)CCS(C)(=O)=O)C1CCOC1. The molecule has 0 aliphatic carbocycles. The summed E-state index contributed by atoms with van der Waals surface area (Å²) >= 11 is 0.